The summed E-state index contributed by atoms with van der Waals surface area (Å²) in [6.45, 7) is 5.47. The van der Waals surface area contributed by atoms with Crippen molar-refractivity contribution in [2.75, 3.05) is 32.2 Å². The molecule has 1 atom stereocenters. The van der Waals surface area contributed by atoms with Gasteiger partial charge in [0.05, 0.1) is 12.3 Å². The van der Waals surface area contributed by atoms with Crippen molar-refractivity contribution in [2.24, 2.45) is 0 Å². The van der Waals surface area contributed by atoms with Gasteiger partial charge in [-0.1, -0.05) is 48.9 Å². The van der Waals surface area contributed by atoms with Crippen LogP contribution in [-0.4, -0.2) is 38.7 Å². The molecule has 2 N–H and O–H groups in total. The summed E-state index contributed by atoms with van der Waals surface area (Å²) in [5.74, 6) is -0.765. The maximum absolute atomic E-state index is 12.2. The lowest BCUT2D eigenvalue weighted by atomic mass is 9.99. The van der Waals surface area contributed by atoms with Gasteiger partial charge in [-0.25, -0.2) is 0 Å². The van der Waals surface area contributed by atoms with Gasteiger partial charge in [0.2, 0.25) is 0 Å². The van der Waals surface area contributed by atoms with E-state index >= 15 is 0 Å². The summed E-state index contributed by atoms with van der Waals surface area (Å²) in [5.41, 5.74) is 2.75. The fraction of sp³-hybridized carbons (Fsp3) is 0.364. The molecule has 6 heteroatoms. The highest BCUT2D eigenvalue weighted by atomic mass is 16.5. The number of nitrogens with one attached hydrogen (secondary N) is 2. The maximum Gasteiger partial charge on any atom is 0.313 e. The van der Waals surface area contributed by atoms with Crippen LogP contribution in [0.15, 0.2) is 48.5 Å². The Kier molecular flexibility index (Phi) is 8.49. The zero-order valence-electron chi connectivity index (χ0n) is 16.7. The molecule has 0 aliphatic rings. The van der Waals surface area contributed by atoms with Crippen molar-refractivity contribution in [3.8, 4) is 5.75 Å². The molecule has 2 aromatic carbocycles. The minimum Gasteiger partial charge on any atom is -0.491 e. The third kappa shape index (κ3) is 6.70. The van der Waals surface area contributed by atoms with Gasteiger partial charge in [-0.15, -0.1) is 0 Å². The molecule has 2 aromatic rings. The molecular weight excluding hydrogens is 356 g/mol. The van der Waals surface area contributed by atoms with Crippen LogP contribution in [0, 0.1) is 6.92 Å². The van der Waals surface area contributed by atoms with E-state index in [4.69, 9.17) is 9.47 Å². The number of methoxy groups -OCH3 is 1. The van der Waals surface area contributed by atoms with E-state index in [9.17, 15) is 9.59 Å². The van der Waals surface area contributed by atoms with Gasteiger partial charge in [0.15, 0.2) is 0 Å². The summed E-state index contributed by atoms with van der Waals surface area (Å²) >= 11 is 0. The predicted molar refractivity (Wildman–Crippen MR) is 110 cm³/mol. The Morgan fingerprint density at radius 3 is 2.57 bits per heavy atom. The first-order valence-corrected chi connectivity index (χ1v) is 9.37. The van der Waals surface area contributed by atoms with Crippen molar-refractivity contribution in [1.29, 1.82) is 0 Å². The van der Waals surface area contributed by atoms with Crippen molar-refractivity contribution in [3.63, 3.8) is 0 Å². The number of ether oxygens (including phenoxy) is 2. The van der Waals surface area contributed by atoms with Gasteiger partial charge in [-0.2, -0.15) is 0 Å². The highest BCUT2D eigenvalue weighted by molar-refractivity contribution is 6.39. The molecule has 0 aliphatic heterocycles. The zero-order valence-corrected chi connectivity index (χ0v) is 16.7. The number of anilines is 1. The van der Waals surface area contributed by atoms with Gasteiger partial charge < -0.3 is 20.1 Å². The Hall–Kier alpha value is -2.86. The Bertz CT molecular complexity index is 792. The zero-order chi connectivity index (χ0) is 20.4. The molecular formula is C22H28N2O4. The highest BCUT2D eigenvalue weighted by Gasteiger charge is 2.17. The number of benzene rings is 2. The van der Waals surface area contributed by atoms with Crippen molar-refractivity contribution in [2.45, 2.75) is 26.2 Å². The van der Waals surface area contributed by atoms with Crippen LogP contribution in [0.5, 0.6) is 5.75 Å². The Balaban J connectivity index is 1.87. The van der Waals surface area contributed by atoms with Crippen LogP contribution in [0.4, 0.5) is 5.69 Å². The van der Waals surface area contributed by atoms with E-state index in [1.54, 1.807) is 25.3 Å². The van der Waals surface area contributed by atoms with E-state index in [1.165, 1.54) is 0 Å². The van der Waals surface area contributed by atoms with Crippen molar-refractivity contribution in [3.05, 3.63) is 59.7 Å². The first-order chi connectivity index (χ1) is 13.5. The average Bonchev–Trinajstić information content (AvgIpc) is 2.70. The number of carbonyl (C=O) groups is 2. The largest absolute Gasteiger partial charge is 0.491 e. The Morgan fingerprint density at radius 1 is 1.04 bits per heavy atom. The summed E-state index contributed by atoms with van der Waals surface area (Å²) in [4.78, 5) is 24.4. The molecule has 2 amide bonds. The first kappa shape index (κ1) is 21.4. The van der Waals surface area contributed by atoms with E-state index in [1.807, 2.05) is 38.1 Å². The fourth-order valence-electron chi connectivity index (χ4n) is 2.68. The minimum atomic E-state index is -0.718. The van der Waals surface area contributed by atoms with Crippen LogP contribution < -0.4 is 15.4 Å². The molecule has 0 aromatic heterocycles. The molecule has 0 spiro atoms. The summed E-state index contributed by atoms with van der Waals surface area (Å²) in [5, 5.41) is 5.31. The Labute approximate surface area is 166 Å². The molecule has 6 nitrogen and oxygen atoms in total. The quantitative estimate of drug-likeness (QED) is 0.514. The summed E-state index contributed by atoms with van der Waals surface area (Å²) in [6.07, 6.45) is 0.732. The normalized spacial score (nSPS) is 11.5. The van der Waals surface area contributed by atoms with E-state index in [0.29, 0.717) is 31.2 Å². The number of para-hydroxylation sites is 2. The lowest BCUT2D eigenvalue weighted by molar-refractivity contribution is -0.136. The smallest absolute Gasteiger partial charge is 0.313 e. The van der Waals surface area contributed by atoms with Crippen LogP contribution in [0.25, 0.3) is 0 Å². The van der Waals surface area contributed by atoms with Crippen molar-refractivity contribution >= 4 is 17.5 Å². The van der Waals surface area contributed by atoms with Gasteiger partial charge in [-0.3, -0.25) is 9.59 Å². The van der Waals surface area contributed by atoms with Crippen molar-refractivity contribution < 1.29 is 19.1 Å². The van der Waals surface area contributed by atoms with Gasteiger partial charge in [0, 0.05) is 26.7 Å². The lowest BCUT2D eigenvalue weighted by Gasteiger charge is -2.15. The molecule has 150 valence electrons. The highest BCUT2D eigenvalue weighted by Crippen LogP contribution is 2.23. The van der Waals surface area contributed by atoms with Crippen molar-refractivity contribution in [1.82, 2.24) is 5.32 Å². The summed E-state index contributed by atoms with van der Waals surface area (Å²) in [6, 6.07) is 15.1. The number of amides is 2. The molecule has 0 saturated carbocycles. The van der Waals surface area contributed by atoms with Gasteiger partial charge >= 0.3 is 11.8 Å². The van der Waals surface area contributed by atoms with E-state index in [-0.39, 0.29) is 5.92 Å². The molecule has 0 aliphatic carbocycles. The molecule has 0 heterocycles. The second-order valence-corrected chi connectivity index (χ2v) is 6.67. The third-order valence-electron chi connectivity index (χ3n) is 4.27. The average molecular weight is 384 g/mol. The van der Waals surface area contributed by atoms with Gasteiger partial charge in [0.25, 0.3) is 0 Å². The second kappa shape index (κ2) is 11.1. The molecule has 1 unspecified atom stereocenters. The SMILES string of the molecule is COCCCOc1ccccc1NC(=O)C(=O)NCC(C)c1cccc(C)c1. The van der Waals surface area contributed by atoms with E-state index in [0.717, 1.165) is 17.5 Å². The maximum atomic E-state index is 12.2. The van der Waals surface area contributed by atoms with Gasteiger partial charge in [-0.05, 0) is 30.5 Å². The minimum absolute atomic E-state index is 0.105. The van der Waals surface area contributed by atoms with Crippen LogP contribution in [0.3, 0.4) is 0 Å². The monoisotopic (exact) mass is 384 g/mol. The Morgan fingerprint density at radius 2 is 1.82 bits per heavy atom. The number of hydrogen-bond donors (Lipinski definition) is 2. The number of rotatable bonds is 9. The topological polar surface area (TPSA) is 76.7 Å². The predicted octanol–water partition coefficient (Wildman–Crippen LogP) is 3.27. The lowest BCUT2D eigenvalue weighted by Crippen LogP contribution is -2.37. The molecule has 0 fully saturated rings. The van der Waals surface area contributed by atoms with Crippen LogP contribution >= 0.6 is 0 Å². The molecule has 28 heavy (non-hydrogen) atoms. The summed E-state index contributed by atoms with van der Waals surface area (Å²) in [7, 11) is 1.63. The molecule has 2 rings (SSSR count). The number of hydrogen-bond acceptors (Lipinski definition) is 4. The van der Waals surface area contributed by atoms with Crippen LogP contribution in [0.2, 0.25) is 0 Å². The molecule has 0 radical (unpaired) electrons. The fourth-order valence-corrected chi connectivity index (χ4v) is 2.68. The number of carbonyl (C=O) groups excluding carboxylic acids is 2. The molecule has 0 bridgehead atoms. The van der Waals surface area contributed by atoms with Gasteiger partial charge in [0.1, 0.15) is 5.75 Å². The van der Waals surface area contributed by atoms with Crippen LogP contribution in [0.1, 0.15) is 30.4 Å². The van der Waals surface area contributed by atoms with Crippen LogP contribution in [-0.2, 0) is 14.3 Å². The van der Waals surface area contributed by atoms with E-state index in [2.05, 4.69) is 16.7 Å². The number of aryl methyl sites for hydroxylation is 1. The standard InChI is InChI=1S/C22H28N2O4/c1-16-8-6-9-18(14-16)17(2)15-23-21(25)22(26)24-19-10-4-5-11-20(19)28-13-7-12-27-3/h4-6,8-11,14,17H,7,12-13,15H2,1-3H3,(H,23,25)(H,24,26). The second-order valence-electron chi connectivity index (χ2n) is 6.67. The molecule has 0 saturated heterocycles. The third-order valence-corrected chi connectivity index (χ3v) is 4.27. The van der Waals surface area contributed by atoms with E-state index < -0.39 is 11.8 Å². The summed E-state index contributed by atoms with van der Waals surface area (Å²) < 4.78 is 10.6. The first-order valence-electron chi connectivity index (χ1n) is 9.37.